The van der Waals surface area contributed by atoms with Crippen molar-refractivity contribution in [3.05, 3.63) is 57.0 Å². The average molecular weight is 342 g/mol. The molecule has 0 aliphatic rings. The molecule has 0 spiro atoms. The van der Waals surface area contributed by atoms with E-state index in [0.29, 0.717) is 11.6 Å². The zero-order chi connectivity index (χ0) is 17.2. The molecule has 0 radical (unpaired) electrons. The van der Waals surface area contributed by atoms with E-state index in [9.17, 15) is 22.8 Å². The number of alkyl halides is 3. The Morgan fingerprint density at radius 1 is 1.22 bits per heavy atom. The Hall–Kier alpha value is -2.09. The third-order valence-corrected chi connectivity index (χ3v) is 4.05. The molecule has 0 bridgehead atoms. The van der Waals surface area contributed by atoms with Gasteiger partial charge in [-0.1, -0.05) is 23.9 Å². The number of thioether (sulfide) groups is 1. The first-order valence-corrected chi connectivity index (χ1v) is 7.57. The molecule has 23 heavy (non-hydrogen) atoms. The largest absolute Gasteiger partial charge is 0.433 e. The van der Waals surface area contributed by atoms with Gasteiger partial charge in [0.15, 0.2) is 16.6 Å². The zero-order valence-electron chi connectivity index (χ0n) is 12.3. The lowest BCUT2D eigenvalue weighted by Crippen LogP contribution is -2.17. The highest BCUT2D eigenvalue weighted by atomic mass is 32.2. The van der Waals surface area contributed by atoms with Gasteiger partial charge < -0.3 is 4.98 Å². The van der Waals surface area contributed by atoms with Gasteiger partial charge in [0.1, 0.15) is 0 Å². The van der Waals surface area contributed by atoms with Crippen LogP contribution in [0.2, 0.25) is 0 Å². The molecule has 0 saturated carbocycles. The molecule has 8 heteroatoms. The standard InChI is InChI=1S/C15H13F3N2O2S/c1-8-3-4-10(5-9(8)2)11(21)7-23-14-19-12(15(16,17)18)6-13(22)20-14/h3-6H,7H2,1-2H3,(H,19,20,22). The minimum Gasteiger partial charge on any atom is -0.301 e. The van der Waals surface area contributed by atoms with Crippen molar-refractivity contribution in [3.8, 4) is 0 Å². The van der Waals surface area contributed by atoms with Gasteiger partial charge in [-0.2, -0.15) is 13.2 Å². The monoisotopic (exact) mass is 342 g/mol. The first-order chi connectivity index (χ1) is 10.7. The molecule has 1 aromatic carbocycles. The number of Topliss-reactive ketones (excluding diaryl/α,β-unsaturated/α-hetero) is 1. The van der Waals surface area contributed by atoms with Crippen molar-refractivity contribution in [2.75, 3.05) is 5.75 Å². The van der Waals surface area contributed by atoms with Crippen LogP contribution in [0.25, 0.3) is 0 Å². The maximum atomic E-state index is 12.6. The Balaban J connectivity index is 2.14. The molecular weight excluding hydrogens is 329 g/mol. The fraction of sp³-hybridized carbons (Fsp3) is 0.267. The van der Waals surface area contributed by atoms with E-state index in [0.717, 1.165) is 22.9 Å². The Morgan fingerprint density at radius 3 is 2.52 bits per heavy atom. The molecule has 1 N–H and O–H groups in total. The van der Waals surface area contributed by atoms with Gasteiger partial charge in [-0.15, -0.1) is 0 Å². The van der Waals surface area contributed by atoms with Crippen LogP contribution in [0.3, 0.4) is 0 Å². The van der Waals surface area contributed by atoms with Crippen molar-refractivity contribution in [2.45, 2.75) is 25.2 Å². The fourth-order valence-electron chi connectivity index (χ4n) is 1.78. The highest BCUT2D eigenvalue weighted by Crippen LogP contribution is 2.27. The molecule has 4 nitrogen and oxygen atoms in total. The van der Waals surface area contributed by atoms with Crippen molar-refractivity contribution in [2.24, 2.45) is 0 Å². The number of aromatic nitrogens is 2. The van der Waals surface area contributed by atoms with E-state index >= 15 is 0 Å². The van der Waals surface area contributed by atoms with E-state index in [1.807, 2.05) is 13.8 Å². The Kier molecular flexibility index (Phi) is 4.93. The van der Waals surface area contributed by atoms with E-state index in [1.165, 1.54) is 0 Å². The third kappa shape index (κ3) is 4.44. The number of nitrogens with one attached hydrogen (secondary N) is 1. The number of carbonyl (C=O) groups is 1. The average Bonchev–Trinajstić information content (AvgIpc) is 2.46. The van der Waals surface area contributed by atoms with Gasteiger partial charge in [0.05, 0.1) is 5.75 Å². The molecule has 122 valence electrons. The topological polar surface area (TPSA) is 62.8 Å². The lowest BCUT2D eigenvalue weighted by molar-refractivity contribution is -0.141. The van der Waals surface area contributed by atoms with Crippen LogP contribution in [0.1, 0.15) is 27.2 Å². The molecule has 0 fully saturated rings. The molecule has 0 aliphatic heterocycles. The van der Waals surface area contributed by atoms with Gasteiger partial charge in [0.2, 0.25) is 0 Å². The molecule has 0 unspecified atom stereocenters. The number of benzene rings is 1. The van der Waals surface area contributed by atoms with E-state index in [-0.39, 0.29) is 16.7 Å². The first-order valence-electron chi connectivity index (χ1n) is 6.58. The van der Waals surface area contributed by atoms with E-state index in [1.54, 1.807) is 18.2 Å². The number of carbonyl (C=O) groups excluding carboxylic acids is 1. The van der Waals surface area contributed by atoms with Crippen molar-refractivity contribution in [1.29, 1.82) is 0 Å². The highest BCUT2D eigenvalue weighted by Gasteiger charge is 2.33. The summed E-state index contributed by atoms with van der Waals surface area (Å²) in [7, 11) is 0. The van der Waals surface area contributed by atoms with Crippen LogP contribution in [0.4, 0.5) is 13.2 Å². The van der Waals surface area contributed by atoms with Gasteiger partial charge in [0.25, 0.3) is 5.56 Å². The van der Waals surface area contributed by atoms with Crippen LogP contribution in [0, 0.1) is 13.8 Å². The molecule has 0 saturated heterocycles. The van der Waals surface area contributed by atoms with Crippen molar-refractivity contribution in [1.82, 2.24) is 9.97 Å². The number of aryl methyl sites for hydroxylation is 2. The predicted molar refractivity (Wildman–Crippen MR) is 80.8 cm³/mol. The van der Waals surface area contributed by atoms with Crippen LogP contribution in [0.5, 0.6) is 0 Å². The molecule has 0 aliphatic carbocycles. The molecule has 1 heterocycles. The summed E-state index contributed by atoms with van der Waals surface area (Å²) in [6.07, 6.45) is -4.71. The lowest BCUT2D eigenvalue weighted by atomic mass is 10.0. The molecule has 0 atom stereocenters. The quantitative estimate of drug-likeness (QED) is 0.526. The summed E-state index contributed by atoms with van der Waals surface area (Å²) in [5, 5.41) is -0.234. The van der Waals surface area contributed by atoms with Crippen LogP contribution in [-0.4, -0.2) is 21.5 Å². The number of aromatic amines is 1. The molecule has 1 aromatic heterocycles. The normalized spacial score (nSPS) is 11.5. The number of halogens is 3. The van der Waals surface area contributed by atoms with Gasteiger partial charge in [-0.05, 0) is 31.0 Å². The Morgan fingerprint density at radius 2 is 1.91 bits per heavy atom. The Bertz CT molecular complexity index is 800. The summed E-state index contributed by atoms with van der Waals surface area (Å²) in [6, 6.07) is 5.57. The molecular formula is C15H13F3N2O2S. The zero-order valence-corrected chi connectivity index (χ0v) is 13.1. The molecule has 2 aromatic rings. The van der Waals surface area contributed by atoms with Crippen molar-refractivity contribution in [3.63, 3.8) is 0 Å². The van der Waals surface area contributed by atoms with E-state index < -0.39 is 17.4 Å². The van der Waals surface area contributed by atoms with Gasteiger partial charge >= 0.3 is 6.18 Å². The highest BCUT2D eigenvalue weighted by molar-refractivity contribution is 7.99. The van der Waals surface area contributed by atoms with Crippen LogP contribution >= 0.6 is 11.8 Å². The number of H-pyrrole nitrogens is 1. The summed E-state index contributed by atoms with van der Waals surface area (Å²) in [5.74, 6) is -0.370. The van der Waals surface area contributed by atoms with Gasteiger partial charge in [-0.3, -0.25) is 9.59 Å². The number of ketones is 1. The minimum absolute atomic E-state index is 0.118. The Labute approximate surface area is 134 Å². The van der Waals surface area contributed by atoms with Crippen molar-refractivity contribution >= 4 is 17.5 Å². The SMILES string of the molecule is Cc1ccc(C(=O)CSc2nc(C(F)(F)F)cc(=O)[nH]2)cc1C. The second-order valence-electron chi connectivity index (χ2n) is 4.94. The summed E-state index contributed by atoms with van der Waals surface area (Å²) >= 11 is 0.762. The fourth-order valence-corrected chi connectivity index (χ4v) is 2.55. The minimum atomic E-state index is -4.71. The van der Waals surface area contributed by atoms with E-state index in [2.05, 4.69) is 9.97 Å². The maximum Gasteiger partial charge on any atom is 0.433 e. The van der Waals surface area contributed by atoms with E-state index in [4.69, 9.17) is 0 Å². The van der Waals surface area contributed by atoms with Crippen molar-refractivity contribution < 1.29 is 18.0 Å². The van der Waals surface area contributed by atoms with Gasteiger partial charge in [0, 0.05) is 11.6 Å². The number of rotatable bonds is 4. The molecule has 2 rings (SSSR count). The second-order valence-corrected chi connectivity index (χ2v) is 5.91. The molecule has 0 amide bonds. The smallest absolute Gasteiger partial charge is 0.301 e. The summed E-state index contributed by atoms with van der Waals surface area (Å²) < 4.78 is 37.8. The second kappa shape index (κ2) is 6.57. The van der Waals surface area contributed by atoms with Crippen LogP contribution in [-0.2, 0) is 6.18 Å². The maximum absolute atomic E-state index is 12.6. The number of nitrogens with zero attached hydrogens (tertiary/aromatic N) is 1. The lowest BCUT2D eigenvalue weighted by Gasteiger charge is -2.07. The third-order valence-electron chi connectivity index (χ3n) is 3.18. The summed E-state index contributed by atoms with van der Waals surface area (Å²) in [6.45, 7) is 3.78. The number of hydrogen-bond donors (Lipinski definition) is 1. The summed E-state index contributed by atoms with van der Waals surface area (Å²) in [5.41, 5.74) is 0.273. The predicted octanol–water partition coefficient (Wildman–Crippen LogP) is 3.38. The van der Waals surface area contributed by atoms with Crippen LogP contribution in [0.15, 0.2) is 34.2 Å². The summed E-state index contributed by atoms with van der Waals surface area (Å²) in [4.78, 5) is 28.9. The van der Waals surface area contributed by atoms with Crippen LogP contribution < -0.4 is 5.56 Å². The first kappa shape index (κ1) is 17.3. The number of hydrogen-bond acceptors (Lipinski definition) is 4. The van der Waals surface area contributed by atoms with Gasteiger partial charge in [-0.25, -0.2) is 4.98 Å².